The third-order valence-corrected chi connectivity index (χ3v) is 2.83. The lowest BCUT2D eigenvalue weighted by molar-refractivity contribution is -0.131. The van der Waals surface area contributed by atoms with Crippen molar-refractivity contribution >= 4 is 34.3 Å². The van der Waals surface area contributed by atoms with E-state index in [2.05, 4.69) is 15.0 Å². The average Bonchev–Trinajstić information content (AvgIpc) is 2.66. The Balaban J connectivity index is 2.78. The quantitative estimate of drug-likeness (QED) is 0.619. The molecule has 0 unspecified atom stereocenters. The molecule has 1 heterocycles. The SMILES string of the molecule is COC(=O)c1sc(NC(=O)/C=C\C(=O)O)nc1C. The van der Waals surface area contributed by atoms with Gasteiger partial charge in [0.2, 0.25) is 5.91 Å². The molecule has 0 spiro atoms. The molecule has 1 aromatic heterocycles. The van der Waals surface area contributed by atoms with Crippen molar-refractivity contribution in [2.75, 3.05) is 12.4 Å². The number of esters is 1. The predicted molar refractivity (Wildman–Crippen MR) is 63.6 cm³/mol. The van der Waals surface area contributed by atoms with E-state index in [1.54, 1.807) is 6.92 Å². The summed E-state index contributed by atoms with van der Waals surface area (Å²) in [4.78, 5) is 37.0. The molecule has 0 saturated heterocycles. The zero-order valence-corrected chi connectivity index (χ0v) is 10.4. The number of methoxy groups -OCH3 is 1. The molecule has 0 aromatic carbocycles. The summed E-state index contributed by atoms with van der Waals surface area (Å²) in [7, 11) is 1.25. The molecule has 0 bridgehead atoms. The number of ether oxygens (including phenoxy) is 1. The number of carboxylic acid groups (broad SMARTS) is 1. The molecule has 0 saturated carbocycles. The molecular formula is C10H10N2O5S. The molecule has 0 radical (unpaired) electrons. The molecule has 0 atom stereocenters. The normalized spacial score (nSPS) is 10.3. The van der Waals surface area contributed by atoms with Crippen LogP contribution in [0, 0.1) is 6.92 Å². The number of thiazole rings is 1. The van der Waals surface area contributed by atoms with E-state index in [9.17, 15) is 14.4 Å². The number of anilines is 1. The third kappa shape index (κ3) is 3.67. The molecule has 7 nitrogen and oxygen atoms in total. The van der Waals surface area contributed by atoms with E-state index in [0.29, 0.717) is 11.8 Å². The number of hydrogen-bond acceptors (Lipinski definition) is 6. The minimum atomic E-state index is -1.23. The van der Waals surface area contributed by atoms with Crippen molar-refractivity contribution in [1.29, 1.82) is 0 Å². The molecule has 1 rings (SSSR count). The van der Waals surface area contributed by atoms with Gasteiger partial charge in [0, 0.05) is 12.2 Å². The molecule has 0 aliphatic carbocycles. The highest BCUT2D eigenvalue weighted by Gasteiger charge is 2.16. The van der Waals surface area contributed by atoms with Crippen molar-refractivity contribution in [3.05, 3.63) is 22.7 Å². The van der Waals surface area contributed by atoms with Crippen LogP contribution in [-0.2, 0) is 14.3 Å². The van der Waals surface area contributed by atoms with E-state index >= 15 is 0 Å². The van der Waals surface area contributed by atoms with Gasteiger partial charge in [-0.05, 0) is 6.92 Å². The van der Waals surface area contributed by atoms with E-state index in [1.807, 2.05) is 0 Å². The predicted octanol–water partition coefficient (Wildman–Crippen LogP) is 0.817. The lowest BCUT2D eigenvalue weighted by Crippen LogP contribution is -2.08. The van der Waals surface area contributed by atoms with E-state index < -0.39 is 17.8 Å². The van der Waals surface area contributed by atoms with Crippen LogP contribution in [0.4, 0.5) is 5.13 Å². The van der Waals surface area contributed by atoms with Crippen LogP contribution in [0.3, 0.4) is 0 Å². The number of aromatic nitrogens is 1. The second kappa shape index (κ2) is 5.92. The number of carboxylic acids is 1. The number of aryl methyl sites for hydroxylation is 1. The zero-order valence-electron chi connectivity index (χ0n) is 9.59. The van der Waals surface area contributed by atoms with E-state index in [0.717, 1.165) is 17.4 Å². The molecule has 1 amide bonds. The summed E-state index contributed by atoms with van der Waals surface area (Å²) in [6, 6.07) is 0. The lowest BCUT2D eigenvalue weighted by Gasteiger charge is -1.94. The second-order valence-corrected chi connectivity index (χ2v) is 4.09. The van der Waals surface area contributed by atoms with Crippen LogP contribution in [0.2, 0.25) is 0 Å². The zero-order chi connectivity index (χ0) is 13.7. The van der Waals surface area contributed by atoms with Crippen molar-refractivity contribution in [3.63, 3.8) is 0 Å². The maximum absolute atomic E-state index is 11.3. The topological polar surface area (TPSA) is 106 Å². The average molecular weight is 270 g/mol. The highest BCUT2D eigenvalue weighted by molar-refractivity contribution is 7.17. The maximum atomic E-state index is 11.3. The standard InChI is InChI=1S/C10H10N2O5S/c1-5-8(9(16)17-2)18-10(11-5)12-6(13)3-4-7(14)15/h3-4H,1-2H3,(H,14,15)(H,11,12,13)/b4-3-. The first-order valence-corrected chi connectivity index (χ1v) is 5.53. The van der Waals surface area contributed by atoms with Gasteiger partial charge in [-0.15, -0.1) is 0 Å². The van der Waals surface area contributed by atoms with Gasteiger partial charge in [0.05, 0.1) is 12.8 Å². The third-order valence-electron chi connectivity index (χ3n) is 1.77. The molecule has 96 valence electrons. The number of carbonyl (C=O) groups excluding carboxylic acids is 2. The van der Waals surface area contributed by atoms with Crippen molar-refractivity contribution in [3.8, 4) is 0 Å². The minimum Gasteiger partial charge on any atom is -0.478 e. The van der Waals surface area contributed by atoms with Crippen molar-refractivity contribution in [2.24, 2.45) is 0 Å². The molecule has 0 fully saturated rings. The van der Waals surface area contributed by atoms with Gasteiger partial charge < -0.3 is 9.84 Å². The van der Waals surface area contributed by atoms with Crippen LogP contribution >= 0.6 is 11.3 Å². The Bertz CT molecular complexity index is 520. The minimum absolute atomic E-state index is 0.202. The molecular weight excluding hydrogens is 260 g/mol. The van der Waals surface area contributed by atoms with Crippen LogP contribution in [-0.4, -0.2) is 35.0 Å². The Kier molecular flexibility index (Phi) is 4.55. The van der Waals surface area contributed by atoms with Crippen LogP contribution in [0.25, 0.3) is 0 Å². The number of amides is 1. The van der Waals surface area contributed by atoms with Gasteiger partial charge in [0.1, 0.15) is 4.88 Å². The summed E-state index contributed by atoms with van der Waals surface area (Å²) in [5.41, 5.74) is 0.435. The Morgan fingerprint density at radius 3 is 2.61 bits per heavy atom. The summed E-state index contributed by atoms with van der Waals surface area (Å²) in [6.45, 7) is 1.60. The van der Waals surface area contributed by atoms with Crippen LogP contribution in [0.5, 0.6) is 0 Å². The van der Waals surface area contributed by atoms with Gasteiger partial charge >= 0.3 is 11.9 Å². The summed E-state index contributed by atoms with van der Waals surface area (Å²) < 4.78 is 4.54. The lowest BCUT2D eigenvalue weighted by atomic mass is 10.4. The molecule has 1 aromatic rings. The number of hydrogen-bond donors (Lipinski definition) is 2. The Labute approximate surface area is 106 Å². The number of aliphatic carboxylic acids is 1. The van der Waals surface area contributed by atoms with Gasteiger partial charge in [-0.1, -0.05) is 11.3 Å². The molecule has 2 N–H and O–H groups in total. The number of nitrogens with one attached hydrogen (secondary N) is 1. The first kappa shape index (κ1) is 13.8. The second-order valence-electron chi connectivity index (χ2n) is 3.09. The van der Waals surface area contributed by atoms with Gasteiger partial charge in [-0.3, -0.25) is 10.1 Å². The summed E-state index contributed by atoms with van der Waals surface area (Å²) in [5.74, 6) is -2.40. The Hall–Kier alpha value is -2.22. The largest absolute Gasteiger partial charge is 0.478 e. The first-order chi connectivity index (χ1) is 8.43. The van der Waals surface area contributed by atoms with Crippen molar-refractivity contribution < 1.29 is 24.2 Å². The van der Waals surface area contributed by atoms with Crippen molar-refractivity contribution in [1.82, 2.24) is 4.98 Å². The first-order valence-electron chi connectivity index (χ1n) is 4.71. The maximum Gasteiger partial charge on any atom is 0.350 e. The van der Waals surface area contributed by atoms with Crippen LogP contribution < -0.4 is 5.32 Å². The number of rotatable bonds is 4. The van der Waals surface area contributed by atoms with E-state index in [4.69, 9.17) is 5.11 Å². The number of carbonyl (C=O) groups is 3. The van der Waals surface area contributed by atoms with Gasteiger partial charge in [0.15, 0.2) is 5.13 Å². The van der Waals surface area contributed by atoms with Gasteiger partial charge in [-0.2, -0.15) is 0 Å². The molecule has 18 heavy (non-hydrogen) atoms. The fourth-order valence-electron chi connectivity index (χ4n) is 1.03. The monoisotopic (exact) mass is 270 g/mol. The Morgan fingerprint density at radius 2 is 2.06 bits per heavy atom. The molecule has 0 aliphatic heterocycles. The van der Waals surface area contributed by atoms with Crippen LogP contribution in [0.15, 0.2) is 12.2 Å². The number of nitrogens with zero attached hydrogens (tertiary/aromatic N) is 1. The summed E-state index contributed by atoms with van der Waals surface area (Å²) in [5, 5.41) is 10.9. The molecule has 0 aliphatic rings. The van der Waals surface area contributed by atoms with Gasteiger partial charge in [-0.25, -0.2) is 14.6 Å². The smallest absolute Gasteiger partial charge is 0.350 e. The summed E-state index contributed by atoms with van der Waals surface area (Å²) in [6.07, 6.45) is 1.56. The van der Waals surface area contributed by atoms with Crippen LogP contribution in [0.1, 0.15) is 15.4 Å². The fraction of sp³-hybridized carbons (Fsp3) is 0.200. The Morgan fingerprint density at radius 1 is 1.39 bits per heavy atom. The van der Waals surface area contributed by atoms with Crippen molar-refractivity contribution in [2.45, 2.75) is 6.92 Å². The summed E-state index contributed by atoms with van der Waals surface area (Å²) >= 11 is 0.956. The highest BCUT2D eigenvalue weighted by Crippen LogP contribution is 2.23. The molecule has 8 heteroatoms. The fourth-order valence-corrected chi connectivity index (χ4v) is 1.91. The highest BCUT2D eigenvalue weighted by atomic mass is 32.1. The van der Waals surface area contributed by atoms with Gasteiger partial charge in [0.25, 0.3) is 0 Å². The van der Waals surface area contributed by atoms with E-state index in [1.165, 1.54) is 7.11 Å². The van der Waals surface area contributed by atoms with E-state index in [-0.39, 0.29) is 10.0 Å².